The molecular weight excluding hydrogens is 628 g/mol. The second-order valence-electron chi connectivity index (χ2n) is 10.6. The van der Waals surface area contributed by atoms with Crippen LogP contribution in [0.5, 0.6) is 0 Å². The molecule has 2 fully saturated rings. The zero-order valence-corrected chi connectivity index (χ0v) is 28.9. The number of imide groups is 2. The Hall–Kier alpha value is -3.34. The molecule has 0 spiro atoms. The summed E-state index contributed by atoms with van der Waals surface area (Å²) in [5.74, 6) is -2.18. The summed E-state index contributed by atoms with van der Waals surface area (Å²) in [5, 5.41) is 11.0. The van der Waals surface area contributed by atoms with E-state index < -0.39 is 29.7 Å². The van der Waals surface area contributed by atoms with E-state index in [1.807, 2.05) is 0 Å². The molecule has 264 valence electrons. The highest BCUT2D eigenvalue weighted by Gasteiger charge is 2.45. The lowest BCUT2D eigenvalue weighted by Crippen LogP contribution is -2.54. The maximum absolute atomic E-state index is 13.1. The topological polar surface area (TPSA) is 168 Å². The number of carbonyl (C=O) groups is 5. The number of hydrogen-bond acceptors (Lipinski definition) is 11. The van der Waals surface area contributed by atoms with E-state index in [9.17, 15) is 24.0 Å². The van der Waals surface area contributed by atoms with E-state index in [2.05, 4.69) is 46.6 Å². The van der Waals surface area contributed by atoms with Gasteiger partial charge in [0.15, 0.2) is 0 Å². The molecule has 1 atom stereocenters. The Bertz CT molecular complexity index is 1160. The van der Waals surface area contributed by atoms with Crippen molar-refractivity contribution in [2.45, 2.75) is 46.1 Å². The zero-order valence-electron chi connectivity index (χ0n) is 27.9. The molecule has 0 radical (unpaired) electrons. The summed E-state index contributed by atoms with van der Waals surface area (Å²) in [6.45, 7) is 17.5. The summed E-state index contributed by atoms with van der Waals surface area (Å²) < 4.78 is 16.7. The number of piperidine rings is 1. The van der Waals surface area contributed by atoms with Gasteiger partial charge in [-0.25, -0.2) is 0 Å². The highest BCUT2D eigenvalue weighted by molar-refractivity contribution is 7.59. The standard InChI is InChI=1S/C25H35N5O7.C4H7NO.C3H8.H2S/c31-21-5-4-20(23(32)28-21)30-24(33)18-2-1-3-19(22(18)25(30)34)27-8-12-35-14-16-37-17-15-36-13-11-29-9-6-26-7-10-29;1-3-5-4(2)6;1-3-2;/h1-3,20,26-27H,4-17H2,(H,28,31,32);3H,1H2,2H3,(H,5,6);3H2,1-2H3;1H2. The molecule has 4 N–H and O–H groups in total. The summed E-state index contributed by atoms with van der Waals surface area (Å²) in [6.07, 6.45) is 2.81. The maximum Gasteiger partial charge on any atom is 0.264 e. The highest BCUT2D eigenvalue weighted by atomic mass is 32.1. The Morgan fingerprint density at radius 3 is 2.17 bits per heavy atom. The average Bonchev–Trinajstić information content (AvgIpc) is 3.28. The lowest BCUT2D eigenvalue weighted by Gasteiger charge is -2.27. The number of hydrogen-bond donors (Lipinski definition) is 4. The highest BCUT2D eigenvalue weighted by Crippen LogP contribution is 2.32. The number of piperazine rings is 1. The number of amides is 5. The normalized spacial score (nSPS) is 17.3. The van der Waals surface area contributed by atoms with Crippen LogP contribution in [0.25, 0.3) is 0 Å². The van der Waals surface area contributed by atoms with E-state index in [1.54, 1.807) is 18.2 Å². The molecule has 3 aliphatic rings. The molecule has 4 rings (SSSR count). The number of ether oxygens (including phenoxy) is 3. The Labute approximate surface area is 284 Å². The van der Waals surface area contributed by atoms with Crippen LogP contribution in [0, 0.1) is 0 Å². The van der Waals surface area contributed by atoms with Crippen LogP contribution < -0.4 is 21.3 Å². The summed E-state index contributed by atoms with van der Waals surface area (Å²) in [4.78, 5) is 62.8. The van der Waals surface area contributed by atoms with Crippen LogP contribution in [0.15, 0.2) is 31.0 Å². The van der Waals surface area contributed by atoms with Crippen molar-refractivity contribution in [1.82, 2.24) is 25.8 Å². The molecule has 3 aliphatic heterocycles. The van der Waals surface area contributed by atoms with Gasteiger partial charge in [0, 0.05) is 58.3 Å². The van der Waals surface area contributed by atoms with Gasteiger partial charge in [-0.05, 0) is 24.8 Å². The number of anilines is 1. The lowest BCUT2D eigenvalue weighted by molar-refractivity contribution is -0.136. The molecule has 5 amide bonds. The molecule has 3 heterocycles. The number of fused-ring (bicyclic) bond motifs is 1. The molecule has 0 saturated carbocycles. The van der Waals surface area contributed by atoms with Gasteiger partial charge in [0.25, 0.3) is 11.8 Å². The van der Waals surface area contributed by atoms with Gasteiger partial charge >= 0.3 is 0 Å². The summed E-state index contributed by atoms with van der Waals surface area (Å²) in [5.41, 5.74) is 0.977. The molecule has 0 aromatic heterocycles. The molecule has 47 heavy (non-hydrogen) atoms. The second kappa shape index (κ2) is 23.9. The molecule has 15 heteroatoms. The van der Waals surface area contributed by atoms with Gasteiger partial charge in [-0.15, -0.1) is 0 Å². The van der Waals surface area contributed by atoms with Gasteiger partial charge < -0.3 is 30.2 Å². The van der Waals surface area contributed by atoms with E-state index in [4.69, 9.17) is 14.2 Å². The summed E-state index contributed by atoms with van der Waals surface area (Å²) in [6, 6.07) is 3.97. The van der Waals surface area contributed by atoms with E-state index >= 15 is 0 Å². The monoisotopic (exact) mass is 680 g/mol. The van der Waals surface area contributed by atoms with E-state index in [0.717, 1.165) is 37.6 Å². The van der Waals surface area contributed by atoms with Crippen molar-refractivity contribution in [3.8, 4) is 0 Å². The fourth-order valence-corrected chi connectivity index (χ4v) is 4.73. The third-order valence-corrected chi connectivity index (χ3v) is 6.84. The van der Waals surface area contributed by atoms with Gasteiger partial charge in [-0.2, -0.15) is 13.5 Å². The third-order valence-electron chi connectivity index (χ3n) is 6.84. The van der Waals surface area contributed by atoms with Crippen LogP contribution >= 0.6 is 13.5 Å². The fourth-order valence-electron chi connectivity index (χ4n) is 4.73. The predicted octanol–water partition coefficient (Wildman–Crippen LogP) is 1.25. The minimum Gasteiger partial charge on any atom is -0.382 e. The number of nitrogens with one attached hydrogen (secondary N) is 4. The van der Waals surface area contributed by atoms with Crippen LogP contribution in [0.3, 0.4) is 0 Å². The van der Waals surface area contributed by atoms with Gasteiger partial charge in [0.05, 0.1) is 50.8 Å². The van der Waals surface area contributed by atoms with Gasteiger partial charge in [-0.1, -0.05) is 32.9 Å². The van der Waals surface area contributed by atoms with Crippen molar-refractivity contribution in [2.75, 3.05) is 84.2 Å². The molecule has 1 aromatic rings. The Balaban J connectivity index is 0.000000979. The van der Waals surface area contributed by atoms with Gasteiger partial charge in [-0.3, -0.25) is 39.1 Å². The van der Waals surface area contributed by atoms with E-state index in [1.165, 1.54) is 19.5 Å². The molecule has 1 unspecified atom stereocenters. The number of nitrogens with zero attached hydrogens (tertiary/aromatic N) is 2. The molecule has 0 bridgehead atoms. The van der Waals surface area contributed by atoms with Crippen LogP contribution in [0.4, 0.5) is 5.69 Å². The molecular formula is C32H52N6O8S. The first-order valence-corrected chi connectivity index (χ1v) is 15.9. The Morgan fingerprint density at radius 1 is 0.979 bits per heavy atom. The van der Waals surface area contributed by atoms with E-state index in [-0.39, 0.29) is 43.4 Å². The Morgan fingerprint density at radius 2 is 1.60 bits per heavy atom. The van der Waals surface area contributed by atoms with Crippen molar-refractivity contribution < 1.29 is 38.2 Å². The largest absolute Gasteiger partial charge is 0.382 e. The Kier molecular flexibility index (Phi) is 21.2. The fraction of sp³-hybridized carbons (Fsp3) is 0.594. The summed E-state index contributed by atoms with van der Waals surface area (Å²) >= 11 is 0. The minimum atomic E-state index is -0.987. The van der Waals surface area contributed by atoms with Crippen LogP contribution in [-0.4, -0.2) is 124 Å². The maximum atomic E-state index is 13.1. The predicted molar refractivity (Wildman–Crippen MR) is 184 cm³/mol. The number of carbonyl (C=O) groups excluding carboxylic acids is 5. The van der Waals surface area contributed by atoms with Crippen molar-refractivity contribution in [1.29, 1.82) is 0 Å². The third kappa shape index (κ3) is 14.5. The molecule has 0 aliphatic carbocycles. The first-order chi connectivity index (χ1) is 22.2. The van der Waals surface area contributed by atoms with Crippen LogP contribution in [0.2, 0.25) is 0 Å². The van der Waals surface area contributed by atoms with E-state index in [0.29, 0.717) is 51.9 Å². The molecule has 14 nitrogen and oxygen atoms in total. The first kappa shape index (κ1) is 41.7. The average molecular weight is 681 g/mol. The van der Waals surface area contributed by atoms with Gasteiger partial charge in [0.1, 0.15) is 6.04 Å². The van der Waals surface area contributed by atoms with Crippen molar-refractivity contribution >= 4 is 48.7 Å². The number of benzene rings is 1. The van der Waals surface area contributed by atoms with Crippen molar-refractivity contribution in [3.05, 3.63) is 42.1 Å². The smallest absolute Gasteiger partial charge is 0.264 e. The number of rotatable bonds is 15. The zero-order chi connectivity index (χ0) is 33.7. The summed E-state index contributed by atoms with van der Waals surface area (Å²) in [7, 11) is 0. The van der Waals surface area contributed by atoms with Crippen molar-refractivity contribution in [3.63, 3.8) is 0 Å². The van der Waals surface area contributed by atoms with Gasteiger partial charge in [0.2, 0.25) is 17.7 Å². The van der Waals surface area contributed by atoms with Crippen LogP contribution in [0.1, 0.15) is 60.7 Å². The molecule has 2 saturated heterocycles. The lowest BCUT2D eigenvalue weighted by atomic mass is 10.0. The SMILES string of the molecule is C=CNC(C)=O.CCC.O=C1CCC(N2C(=O)c3cccc(NCCOCCOCCOCCN4CCNCC4)c3C2=O)C(=O)N1.S. The minimum absolute atomic E-state index is 0. The van der Waals surface area contributed by atoms with Crippen molar-refractivity contribution in [2.24, 2.45) is 0 Å². The molecule has 1 aromatic carbocycles. The first-order valence-electron chi connectivity index (χ1n) is 15.9. The second-order valence-corrected chi connectivity index (χ2v) is 10.6. The van der Waals surface area contributed by atoms with Crippen LogP contribution in [-0.2, 0) is 28.6 Å². The quantitative estimate of drug-likeness (QED) is 0.156.